The molecule has 1 saturated carbocycles. The number of nitrogens with zero attached hydrogens (tertiary/aromatic N) is 1. The number of hydrogen-bond acceptors (Lipinski definition) is 2. The minimum atomic E-state index is -0.689. The summed E-state index contributed by atoms with van der Waals surface area (Å²) >= 11 is 12.1. The van der Waals surface area contributed by atoms with E-state index in [1.165, 1.54) is 6.42 Å². The van der Waals surface area contributed by atoms with E-state index in [2.05, 4.69) is 19.2 Å². The van der Waals surface area contributed by atoms with Crippen LogP contribution >= 0.6 is 23.2 Å². The number of unbranched alkanes of at least 4 members (excludes halogenated alkanes) is 1. The second kappa shape index (κ2) is 13.2. The molecule has 6 heteroatoms. The number of carbonyl (C=O) groups is 2. The molecule has 0 aliphatic heterocycles. The zero-order valence-corrected chi connectivity index (χ0v) is 19.9. The summed E-state index contributed by atoms with van der Waals surface area (Å²) in [6, 6.07) is 6.72. The van der Waals surface area contributed by atoms with Crippen LogP contribution < -0.4 is 5.32 Å². The largest absolute Gasteiger partial charge is 0.351 e. The topological polar surface area (TPSA) is 49.4 Å². The molecule has 0 bridgehead atoms. The molecule has 1 aromatic carbocycles. The minimum absolute atomic E-state index is 0.118. The number of nitrogens with one attached hydrogen (secondary N) is 1. The van der Waals surface area contributed by atoms with Crippen LogP contribution in [0.2, 0.25) is 5.02 Å². The van der Waals surface area contributed by atoms with Crippen LogP contribution in [0.4, 0.5) is 0 Å². The van der Waals surface area contributed by atoms with E-state index in [0.717, 1.165) is 56.9 Å². The summed E-state index contributed by atoms with van der Waals surface area (Å²) in [4.78, 5) is 28.1. The van der Waals surface area contributed by atoms with Gasteiger partial charge in [-0.3, -0.25) is 9.59 Å². The number of alkyl halides is 1. The third kappa shape index (κ3) is 7.46. The van der Waals surface area contributed by atoms with E-state index in [9.17, 15) is 9.59 Å². The predicted molar refractivity (Wildman–Crippen MR) is 125 cm³/mol. The Morgan fingerprint density at radius 3 is 2.37 bits per heavy atom. The first kappa shape index (κ1) is 25.0. The first-order chi connectivity index (χ1) is 14.5. The number of benzene rings is 1. The van der Waals surface area contributed by atoms with Crippen LogP contribution in [-0.4, -0.2) is 35.2 Å². The van der Waals surface area contributed by atoms with Gasteiger partial charge in [-0.15, -0.1) is 11.6 Å². The number of rotatable bonds is 11. The fraction of sp³-hybridized carbons (Fsp3) is 0.667. The molecule has 0 heterocycles. The minimum Gasteiger partial charge on any atom is -0.351 e. The lowest BCUT2D eigenvalue weighted by molar-refractivity contribution is -0.140. The van der Waals surface area contributed by atoms with E-state index >= 15 is 0 Å². The van der Waals surface area contributed by atoms with Crippen molar-refractivity contribution >= 4 is 35.0 Å². The van der Waals surface area contributed by atoms with Crippen molar-refractivity contribution in [2.45, 2.75) is 83.7 Å². The highest BCUT2D eigenvalue weighted by molar-refractivity contribution is 6.30. The molecule has 30 heavy (non-hydrogen) atoms. The third-order valence-electron chi connectivity index (χ3n) is 6.13. The molecule has 1 aliphatic carbocycles. The summed E-state index contributed by atoms with van der Waals surface area (Å²) in [5.41, 5.74) is 0.775. The second-order valence-electron chi connectivity index (χ2n) is 8.39. The van der Waals surface area contributed by atoms with Crippen LogP contribution in [-0.2, 0) is 9.59 Å². The molecule has 1 aliphatic rings. The fourth-order valence-electron chi connectivity index (χ4n) is 4.27. The lowest BCUT2D eigenvalue weighted by Gasteiger charge is -2.35. The van der Waals surface area contributed by atoms with Gasteiger partial charge in [0.2, 0.25) is 11.8 Å². The third-order valence-corrected chi connectivity index (χ3v) is 6.61. The van der Waals surface area contributed by atoms with E-state index in [1.54, 1.807) is 17.0 Å². The van der Waals surface area contributed by atoms with Crippen LogP contribution in [0, 0.1) is 5.92 Å². The Kier molecular flexibility index (Phi) is 11.0. The van der Waals surface area contributed by atoms with Crippen molar-refractivity contribution in [1.29, 1.82) is 0 Å². The molecule has 0 radical (unpaired) electrons. The first-order valence-corrected chi connectivity index (χ1v) is 12.3. The Bertz CT molecular complexity index is 660. The van der Waals surface area contributed by atoms with Crippen molar-refractivity contribution in [1.82, 2.24) is 10.2 Å². The van der Waals surface area contributed by atoms with Crippen molar-refractivity contribution in [3.63, 3.8) is 0 Å². The summed E-state index contributed by atoms with van der Waals surface area (Å²) in [6.07, 6.45) is 9.71. The Morgan fingerprint density at radius 2 is 1.80 bits per heavy atom. The molecular formula is C24H36Cl2N2O2. The molecule has 2 rings (SSSR count). The maximum absolute atomic E-state index is 13.5. The highest BCUT2D eigenvalue weighted by Crippen LogP contribution is 2.28. The van der Waals surface area contributed by atoms with Gasteiger partial charge in [0.1, 0.15) is 11.9 Å². The summed E-state index contributed by atoms with van der Waals surface area (Å²) in [5.74, 6) is -0.113. The fourth-order valence-corrected chi connectivity index (χ4v) is 4.55. The average molecular weight is 455 g/mol. The lowest BCUT2D eigenvalue weighted by atomic mass is 9.94. The van der Waals surface area contributed by atoms with Gasteiger partial charge in [-0.2, -0.15) is 0 Å². The normalized spacial score (nSPS) is 16.7. The molecule has 1 fully saturated rings. The molecule has 1 aromatic rings. The van der Waals surface area contributed by atoms with Crippen molar-refractivity contribution < 1.29 is 9.59 Å². The molecule has 2 atom stereocenters. The van der Waals surface area contributed by atoms with Gasteiger partial charge >= 0.3 is 0 Å². The van der Waals surface area contributed by atoms with E-state index in [-0.39, 0.29) is 23.7 Å². The van der Waals surface area contributed by atoms with Gasteiger partial charge in [-0.1, -0.05) is 76.1 Å². The monoisotopic (exact) mass is 454 g/mol. The van der Waals surface area contributed by atoms with Crippen LogP contribution in [0.25, 0.3) is 0 Å². The molecule has 2 unspecified atom stereocenters. The summed E-state index contributed by atoms with van der Waals surface area (Å²) in [6.45, 7) is 4.85. The molecular weight excluding hydrogens is 419 g/mol. The Morgan fingerprint density at radius 1 is 1.13 bits per heavy atom. The van der Waals surface area contributed by atoms with Crippen molar-refractivity contribution in [2.24, 2.45) is 5.92 Å². The summed E-state index contributed by atoms with van der Waals surface area (Å²) in [5, 5.41) is 3.82. The van der Waals surface area contributed by atoms with Gasteiger partial charge in [-0.05, 0) is 42.9 Å². The van der Waals surface area contributed by atoms with Crippen LogP contribution in [0.15, 0.2) is 24.3 Å². The quantitative estimate of drug-likeness (QED) is 0.409. The Labute approximate surface area is 191 Å². The molecule has 1 N–H and O–H groups in total. The van der Waals surface area contributed by atoms with Crippen LogP contribution in [0.5, 0.6) is 0 Å². The summed E-state index contributed by atoms with van der Waals surface area (Å²) < 4.78 is 0. The molecule has 0 saturated heterocycles. The van der Waals surface area contributed by atoms with Gasteiger partial charge in [0.05, 0.1) is 0 Å². The number of amides is 2. The zero-order chi connectivity index (χ0) is 21.9. The number of carbonyl (C=O) groups excluding carboxylic acids is 2. The lowest BCUT2D eigenvalue weighted by Crippen LogP contribution is -2.48. The van der Waals surface area contributed by atoms with Gasteiger partial charge in [0.15, 0.2) is 0 Å². The van der Waals surface area contributed by atoms with Gasteiger partial charge in [0, 0.05) is 17.6 Å². The number of halogens is 2. The van der Waals surface area contributed by atoms with E-state index in [1.807, 2.05) is 12.1 Å². The van der Waals surface area contributed by atoms with E-state index in [0.29, 0.717) is 17.5 Å². The molecule has 0 spiro atoms. The van der Waals surface area contributed by atoms with Gasteiger partial charge in [0.25, 0.3) is 0 Å². The Hall–Kier alpha value is -1.26. The maximum atomic E-state index is 13.5. The van der Waals surface area contributed by atoms with Crippen molar-refractivity contribution in [2.75, 3.05) is 12.4 Å². The second-order valence-corrected chi connectivity index (χ2v) is 9.10. The van der Waals surface area contributed by atoms with Crippen LogP contribution in [0.1, 0.15) is 83.2 Å². The van der Waals surface area contributed by atoms with Crippen LogP contribution in [0.3, 0.4) is 0 Å². The standard InChI is InChI=1S/C24H36Cl2N2O2/c1-3-5-9-18(4-2)17-28(22(29)16-25)23(19-12-14-20(26)15-13-19)24(30)27-21-10-7-6-8-11-21/h12-15,18,21,23H,3-11,16-17H2,1-2H3,(H,27,30). The average Bonchev–Trinajstić information content (AvgIpc) is 2.77. The molecule has 0 aromatic heterocycles. The van der Waals surface area contributed by atoms with Crippen molar-refractivity contribution in [3.05, 3.63) is 34.9 Å². The highest BCUT2D eigenvalue weighted by Gasteiger charge is 2.33. The SMILES string of the molecule is CCCCC(CC)CN(C(=O)CCl)C(C(=O)NC1CCCCC1)c1ccc(Cl)cc1. The smallest absolute Gasteiger partial charge is 0.247 e. The van der Waals surface area contributed by atoms with E-state index < -0.39 is 6.04 Å². The predicted octanol–water partition coefficient (Wildman–Crippen LogP) is 6.11. The van der Waals surface area contributed by atoms with Crippen molar-refractivity contribution in [3.8, 4) is 0 Å². The summed E-state index contributed by atoms with van der Waals surface area (Å²) in [7, 11) is 0. The highest BCUT2D eigenvalue weighted by atomic mass is 35.5. The molecule has 2 amide bonds. The number of hydrogen-bond donors (Lipinski definition) is 1. The molecule has 168 valence electrons. The van der Waals surface area contributed by atoms with Gasteiger partial charge in [-0.25, -0.2) is 0 Å². The Balaban J connectivity index is 2.31. The van der Waals surface area contributed by atoms with Gasteiger partial charge < -0.3 is 10.2 Å². The molecule has 4 nitrogen and oxygen atoms in total. The first-order valence-electron chi connectivity index (χ1n) is 11.4. The maximum Gasteiger partial charge on any atom is 0.247 e. The zero-order valence-electron chi connectivity index (χ0n) is 18.3. The van der Waals surface area contributed by atoms with E-state index in [4.69, 9.17) is 23.2 Å².